The Morgan fingerprint density at radius 3 is 2.90 bits per heavy atom. The van der Waals surface area contributed by atoms with Crippen molar-refractivity contribution in [2.75, 3.05) is 6.61 Å². The van der Waals surface area contributed by atoms with Crippen LogP contribution in [-0.2, 0) is 11.3 Å². The third-order valence-corrected chi connectivity index (χ3v) is 2.45. The monoisotopic (exact) mass is 270 g/mol. The summed E-state index contributed by atoms with van der Waals surface area (Å²) in [7, 11) is 0. The van der Waals surface area contributed by atoms with Crippen LogP contribution in [0.3, 0.4) is 0 Å². The number of nitrogens with zero attached hydrogens (tertiary/aromatic N) is 4. The van der Waals surface area contributed by atoms with E-state index in [1.165, 1.54) is 17.5 Å². The van der Waals surface area contributed by atoms with E-state index in [1.807, 2.05) is 43.3 Å². The summed E-state index contributed by atoms with van der Waals surface area (Å²) < 4.78 is 6.39. The van der Waals surface area contributed by atoms with Gasteiger partial charge in [-0.25, -0.2) is 4.98 Å². The van der Waals surface area contributed by atoms with Gasteiger partial charge in [0.1, 0.15) is 19.0 Å². The van der Waals surface area contributed by atoms with E-state index in [2.05, 4.69) is 9.98 Å². The van der Waals surface area contributed by atoms with E-state index in [9.17, 15) is 0 Å². The van der Waals surface area contributed by atoms with Crippen molar-refractivity contribution in [1.29, 1.82) is 5.26 Å². The molecular weight excluding hydrogens is 256 g/mol. The number of imidazole rings is 1. The predicted octanol–water partition coefficient (Wildman–Crippen LogP) is 2.08. The minimum Gasteiger partial charge on any atom is -0.483 e. The topological polar surface area (TPSA) is 72.4 Å². The molecule has 20 heavy (non-hydrogen) atoms. The molecule has 1 aromatic carbocycles. The number of nitriles is 1. The van der Waals surface area contributed by atoms with Crippen molar-refractivity contribution >= 4 is 12.2 Å². The fourth-order valence-corrected chi connectivity index (χ4v) is 1.50. The fraction of sp³-hybridized carbons (Fsp3) is 0.214. The van der Waals surface area contributed by atoms with Gasteiger partial charge >= 0.3 is 0 Å². The SMILES string of the molecule is CCO/C=N/c1c(C#N)ncn1OCc1ccccc1. The highest BCUT2D eigenvalue weighted by molar-refractivity contribution is 5.56. The quantitative estimate of drug-likeness (QED) is 0.595. The summed E-state index contributed by atoms with van der Waals surface area (Å²) in [5.74, 6) is 0.317. The molecule has 0 fully saturated rings. The van der Waals surface area contributed by atoms with Gasteiger partial charge in [-0.05, 0) is 12.5 Å². The number of hydrogen-bond donors (Lipinski definition) is 0. The van der Waals surface area contributed by atoms with Crippen molar-refractivity contribution in [1.82, 2.24) is 9.71 Å². The van der Waals surface area contributed by atoms with Crippen LogP contribution < -0.4 is 4.84 Å². The van der Waals surface area contributed by atoms with Crippen LogP contribution in [0, 0.1) is 11.3 Å². The molecule has 1 heterocycles. The minimum atomic E-state index is 0.189. The molecule has 102 valence electrons. The van der Waals surface area contributed by atoms with Gasteiger partial charge in [0.25, 0.3) is 0 Å². The number of rotatable bonds is 6. The number of hydrogen-bond acceptors (Lipinski definition) is 5. The highest BCUT2D eigenvalue weighted by atomic mass is 16.7. The van der Waals surface area contributed by atoms with Crippen molar-refractivity contribution in [2.24, 2.45) is 4.99 Å². The molecule has 0 unspecified atom stereocenters. The largest absolute Gasteiger partial charge is 0.483 e. The summed E-state index contributed by atoms with van der Waals surface area (Å²) >= 11 is 0. The minimum absolute atomic E-state index is 0.189. The van der Waals surface area contributed by atoms with E-state index in [-0.39, 0.29) is 5.69 Å². The van der Waals surface area contributed by atoms with Crippen molar-refractivity contribution in [3.8, 4) is 6.07 Å². The Hall–Kier alpha value is -2.81. The summed E-state index contributed by atoms with van der Waals surface area (Å²) in [4.78, 5) is 13.5. The average Bonchev–Trinajstić information content (AvgIpc) is 2.89. The maximum absolute atomic E-state index is 8.98. The van der Waals surface area contributed by atoms with E-state index in [0.29, 0.717) is 19.0 Å². The first-order valence-electron chi connectivity index (χ1n) is 6.14. The van der Waals surface area contributed by atoms with Gasteiger partial charge in [-0.1, -0.05) is 30.3 Å². The molecule has 0 atom stereocenters. The molecule has 6 nitrogen and oxygen atoms in total. The van der Waals surface area contributed by atoms with Crippen LogP contribution in [0.15, 0.2) is 41.7 Å². The molecule has 0 amide bonds. The van der Waals surface area contributed by atoms with Crippen LogP contribution in [-0.4, -0.2) is 22.7 Å². The van der Waals surface area contributed by atoms with E-state index >= 15 is 0 Å². The molecule has 2 rings (SSSR count). The lowest BCUT2D eigenvalue weighted by molar-refractivity contribution is 0.100. The van der Waals surface area contributed by atoms with Crippen molar-refractivity contribution in [3.05, 3.63) is 47.9 Å². The Morgan fingerprint density at radius 2 is 2.20 bits per heavy atom. The summed E-state index contributed by atoms with van der Waals surface area (Å²) in [6.07, 6.45) is 2.69. The van der Waals surface area contributed by atoms with Gasteiger partial charge in [0.2, 0.25) is 5.82 Å². The Kier molecular flexibility index (Phi) is 4.73. The Balaban J connectivity index is 2.11. The van der Waals surface area contributed by atoms with E-state index < -0.39 is 0 Å². The summed E-state index contributed by atoms with van der Waals surface area (Å²) in [6, 6.07) is 11.7. The molecule has 0 aliphatic heterocycles. The molecule has 0 N–H and O–H groups in total. The molecule has 0 aliphatic carbocycles. The van der Waals surface area contributed by atoms with Gasteiger partial charge < -0.3 is 9.57 Å². The number of ether oxygens (including phenoxy) is 1. The molecule has 0 saturated carbocycles. The van der Waals surface area contributed by atoms with Gasteiger partial charge in [0.15, 0.2) is 12.1 Å². The molecule has 0 radical (unpaired) electrons. The number of benzene rings is 1. The summed E-state index contributed by atoms with van der Waals surface area (Å²) in [5.41, 5.74) is 1.20. The van der Waals surface area contributed by atoms with E-state index in [0.717, 1.165) is 5.56 Å². The average molecular weight is 270 g/mol. The zero-order chi connectivity index (χ0) is 14.2. The zero-order valence-electron chi connectivity index (χ0n) is 11.1. The maximum atomic E-state index is 8.98. The second-order valence-electron chi connectivity index (χ2n) is 3.80. The second-order valence-corrected chi connectivity index (χ2v) is 3.80. The number of aromatic nitrogens is 2. The molecular formula is C14H14N4O2. The first-order valence-corrected chi connectivity index (χ1v) is 6.14. The van der Waals surface area contributed by atoms with Gasteiger partial charge in [-0.3, -0.25) is 0 Å². The van der Waals surface area contributed by atoms with Crippen molar-refractivity contribution < 1.29 is 9.57 Å². The van der Waals surface area contributed by atoms with Crippen molar-refractivity contribution in [3.63, 3.8) is 0 Å². The molecule has 2 aromatic rings. The van der Waals surface area contributed by atoms with Crippen LogP contribution in [0.4, 0.5) is 5.82 Å². The Bertz CT molecular complexity index is 614. The maximum Gasteiger partial charge on any atom is 0.209 e. The lowest BCUT2D eigenvalue weighted by Gasteiger charge is -2.07. The van der Waals surface area contributed by atoms with Crippen LogP contribution in [0.25, 0.3) is 0 Å². The van der Waals surface area contributed by atoms with Gasteiger partial charge in [0, 0.05) is 0 Å². The highest BCUT2D eigenvalue weighted by Crippen LogP contribution is 2.16. The fourth-order valence-electron chi connectivity index (χ4n) is 1.50. The molecule has 0 bridgehead atoms. The molecule has 1 aromatic heterocycles. The van der Waals surface area contributed by atoms with E-state index in [4.69, 9.17) is 14.8 Å². The lowest BCUT2D eigenvalue weighted by Crippen LogP contribution is -2.09. The van der Waals surface area contributed by atoms with Gasteiger partial charge in [-0.15, -0.1) is 0 Å². The van der Waals surface area contributed by atoms with Crippen LogP contribution in [0.5, 0.6) is 0 Å². The first-order chi connectivity index (χ1) is 9.85. The first kappa shape index (κ1) is 13.6. The zero-order valence-corrected chi connectivity index (χ0v) is 11.1. The standard InChI is InChI=1S/C14H14N4O2/c1-2-19-11-17-14-13(8-15)16-10-18(14)20-9-12-6-4-3-5-7-12/h3-7,10-11H,2,9H2,1H3/b17-11+. The number of aliphatic imine (C=N–C) groups is 1. The molecule has 0 spiro atoms. The lowest BCUT2D eigenvalue weighted by atomic mass is 10.2. The molecule has 0 aliphatic rings. The Labute approximate surface area is 116 Å². The van der Waals surface area contributed by atoms with Crippen LogP contribution in [0.1, 0.15) is 18.2 Å². The van der Waals surface area contributed by atoms with Crippen LogP contribution in [0.2, 0.25) is 0 Å². The Morgan fingerprint density at radius 1 is 1.40 bits per heavy atom. The van der Waals surface area contributed by atoms with Crippen molar-refractivity contribution in [2.45, 2.75) is 13.5 Å². The van der Waals surface area contributed by atoms with Gasteiger partial charge in [0.05, 0.1) is 6.61 Å². The summed E-state index contributed by atoms with van der Waals surface area (Å²) in [6.45, 7) is 2.71. The molecule has 0 saturated heterocycles. The smallest absolute Gasteiger partial charge is 0.209 e. The summed E-state index contributed by atoms with van der Waals surface area (Å²) in [5, 5.41) is 8.98. The normalized spacial score (nSPS) is 10.4. The third kappa shape index (κ3) is 3.36. The third-order valence-electron chi connectivity index (χ3n) is 2.45. The highest BCUT2D eigenvalue weighted by Gasteiger charge is 2.10. The molecule has 6 heteroatoms. The van der Waals surface area contributed by atoms with Gasteiger partial charge in [-0.2, -0.15) is 15.0 Å². The predicted molar refractivity (Wildman–Crippen MR) is 73.4 cm³/mol. The second kappa shape index (κ2) is 6.95. The van der Waals surface area contributed by atoms with E-state index in [1.54, 1.807) is 0 Å². The van der Waals surface area contributed by atoms with Crippen LogP contribution >= 0.6 is 0 Å².